The van der Waals surface area contributed by atoms with Crippen molar-refractivity contribution in [1.82, 2.24) is 0 Å². The Labute approximate surface area is 156 Å². The van der Waals surface area contributed by atoms with Gasteiger partial charge in [-0.05, 0) is 50.5 Å². The van der Waals surface area contributed by atoms with E-state index in [2.05, 4.69) is 35.4 Å². The molecular formula is C22H27N3O. The lowest BCUT2D eigenvalue weighted by Crippen LogP contribution is -2.12. The monoisotopic (exact) mass is 349 g/mol. The lowest BCUT2D eigenvalue weighted by atomic mass is 10.2. The van der Waals surface area contributed by atoms with Crippen LogP contribution in [0.25, 0.3) is 0 Å². The van der Waals surface area contributed by atoms with Gasteiger partial charge in [0.1, 0.15) is 11.6 Å². The first kappa shape index (κ1) is 19.5. The predicted octanol–water partition coefficient (Wildman–Crippen LogP) is 5.36. The highest BCUT2D eigenvalue weighted by molar-refractivity contribution is 5.96. The number of amidine groups is 1. The SMILES string of the molecule is Cc1ccc(OCCCCCCN=C(CC#N)Nc2ccccc2)cc1. The topological polar surface area (TPSA) is 57.4 Å². The molecule has 1 N–H and O–H groups in total. The van der Waals surface area contributed by atoms with Gasteiger partial charge in [0, 0.05) is 12.2 Å². The van der Waals surface area contributed by atoms with Gasteiger partial charge >= 0.3 is 0 Å². The summed E-state index contributed by atoms with van der Waals surface area (Å²) in [4.78, 5) is 4.53. The van der Waals surface area contributed by atoms with Crippen LogP contribution in [0.3, 0.4) is 0 Å². The number of aliphatic imine (C=N–C) groups is 1. The van der Waals surface area contributed by atoms with E-state index in [1.165, 1.54) is 5.56 Å². The number of aryl methyl sites for hydroxylation is 1. The third-order valence-corrected chi connectivity index (χ3v) is 3.95. The fourth-order valence-corrected chi connectivity index (χ4v) is 2.51. The first-order valence-corrected chi connectivity index (χ1v) is 9.20. The molecule has 0 atom stereocenters. The molecule has 4 nitrogen and oxygen atoms in total. The van der Waals surface area contributed by atoms with E-state index in [0.717, 1.165) is 56.1 Å². The fourth-order valence-electron chi connectivity index (χ4n) is 2.51. The molecule has 0 saturated carbocycles. The second-order valence-corrected chi connectivity index (χ2v) is 6.23. The molecule has 0 aliphatic rings. The number of benzene rings is 2. The quantitative estimate of drug-likeness (QED) is 0.357. The van der Waals surface area contributed by atoms with Gasteiger partial charge in [0.05, 0.1) is 19.1 Å². The van der Waals surface area contributed by atoms with Crippen LogP contribution in [-0.4, -0.2) is 19.0 Å². The van der Waals surface area contributed by atoms with Crippen molar-refractivity contribution >= 4 is 11.5 Å². The van der Waals surface area contributed by atoms with Crippen molar-refractivity contribution in [3.63, 3.8) is 0 Å². The average molecular weight is 349 g/mol. The van der Waals surface area contributed by atoms with Gasteiger partial charge in [-0.1, -0.05) is 42.3 Å². The number of ether oxygens (including phenoxy) is 1. The minimum atomic E-state index is 0.305. The molecule has 2 rings (SSSR count). The van der Waals surface area contributed by atoms with Crippen LogP contribution in [0.4, 0.5) is 5.69 Å². The molecule has 0 fully saturated rings. The highest BCUT2D eigenvalue weighted by Crippen LogP contribution is 2.12. The predicted molar refractivity (Wildman–Crippen MR) is 108 cm³/mol. The summed E-state index contributed by atoms with van der Waals surface area (Å²) in [5.74, 6) is 1.68. The molecule has 0 heterocycles. The normalized spacial score (nSPS) is 11.0. The molecule has 0 amide bonds. The summed E-state index contributed by atoms with van der Waals surface area (Å²) < 4.78 is 5.73. The second-order valence-electron chi connectivity index (χ2n) is 6.23. The van der Waals surface area contributed by atoms with Crippen molar-refractivity contribution < 1.29 is 4.74 Å². The van der Waals surface area contributed by atoms with Crippen molar-refractivity contribution in [2.45, 2.75) is 39.0 Å². The molecular weight excluding hydrogens is 322 g/mol. The maximum atomic E-state index is 8.94. The zero-order chi connectivity index (χ0) is 18.5. The molecule has 26 heavy (non-hydrogen) atoms. The van der Waals surface area contributed by atoms with Gasteiger partial charge in [-0.15, -0.1) is 0 Å². The Morgan fingerprint density at radius 3 is 2.46 bits per heavy atom. The molecule has 0 bridgehead atoms. The van der Waals surface area contributed by atoms with Gasteiger partial charge in [-0.25, -0.2) is 0 Å². The number of hydrogen-bond acceptors (Lipinski definition) is 3. The number of hydrogen-bond donors (Lipinski definition) is 1. The summed E-state index contributed by atoms with van der Waals surface area (Å²) in [6.45, 7) is 3.57. The lowest BCUT2D eigenvalue weighted by Gasteiger charge is -2.08. The average Bonchev–Trinajstić information content (AvgIpc) is 2.66. The fraction of sp³-hybridized carbons (Fsp3) is 0.364. The Balaban J connectivity index is 1.59. The van der Waals surface area contributed by atoms with Crippen molar-refractivity contribution in [3.8, 4) is 11.8 Å². The molecule has 0 aliphatic carbocycles. The minimum absolute atomic E-state index is 0.305. The molecule has 0 aromatic heterocycles. The second kappa shape index (κ2) is 11.7. The maximum absolute atomic E-state index is 8.94. The van der Waals surface area contributed by atoms with E-state index in [-0.39, 0.29) is 0 Å². The zero-order valence-electron chi connectivity index (χ0n) is 15.4. The van der Waals surface area contributed by atoms with E-state index in [1.807, 2.05) is 42.5 Å². The largest absolute Gasteiger partial charge is 0.494 e. The van der Waals surface area contributed by atoms with Gasteiger partial charge in [0.2, 0.25) is 0 Å². The standard InChI is InChI=1S/C22H27N3O/c1-19-11-13-21(14-12-19)26-18-8-3-2-7-17-24-22(15-16-23)25-20-9-5-4-6-10-20/h4-6,9-14H,2-3,7-8,15,17-18H2,1H3,(H,24,25). The summed E-state index contributed by atoms with van der Waals surface area (Å²) in [6.07, 6.45) is 4.62. The highest BCUT2D eigenvalue weighted by atomic mass is 16.5. The van der Waals surface area contributed by atoms with Crippen LogP contribution < -0.4 is 10.1 Å². The third kappa shape index (κ3) is 7.85. The molecule has 2 aromatic rings. The smallest absolute Gasteiger partial charge is 0.119 e. The number of rotatable bonds is 10. The summed E-state index contributed by atoms with van der Waals surface area (Å²) >= 11 is 0. The molecule has 2 aromatic carbocycles. The van der Waals surface area contributed by atoms with E-state index in [9.17, 15) is 0 Å². The number of nitrogens with one attached hydrogen (secondary N) is 1. The molecule has 0 spiro atoms. The van der Waals surface area contributed by atoms with Gasteiger partial charge in [0.15, 0.2) is 0 Å². The summed E-state index contributed by atoms with van der Waals surface area (Å²) in [7, 11) is 0. The summed E-state index contributed by atoms with van der Waals surface area (Å²) in [5.41, 5.74) is 2.21. The molecule has 0 saturated heterocycles. The van der Waals surface area contributed by atoms with E-state index in [4.69, 9.17) is 10.00 Å². The molecule has 136 valence electrons. The Hall–Kier alpha value is -2.80. The van der Waals surface area contributed by atoms with Gasteiger partial charge in [0.25, 0.3) is 0 Å². The van der Waals surface area contributed by atoms with Crippen LogP contribution in [0.15, 0.2) is 59.6 Å². The molecule has 0 unspecified atom stereocenters. The van der Waals surface area contributed by atoms with Crippen molar-refractivity contribution in [1.29, 1.82) is 5.26 Å². The summed E-state index contributed by atoms with van der Waals surface area (Å²) in [6, 6.07) is 20.2. The van der Waals surface area contributed by atoms with Crippen LogP contribution in [0.5, 0.6) is 5.75 Å². The van der Waals surface area contributed by atoms with Crippen LogP contribution in [0.2, 0.25) is 0 Å². The zero-order valence-corrected chi connectivity index (χ0v) is 15.4. The minimum Gasteiger partial charge on any atom is -0.494 e. The Morgan fingerprint density at radius 2 is 1.73 bits per heavy atom. The number of nitrogens with zero attached hydrogens (tertiary/aromatic N) is 2. The molecule has 4 heteroatoms. The van der Waals surface area contributed by atoms with E-state index < -0.39 is 0 Å². The molecule has 0 radical (unpaired) electrons. The molecule has 0 aliphatic heterocycles. The van der Waals surface area contributed by atoms with E-state index in [1.54, 1.807) is 0 Å². The van der Waals surface area contributed by atoms with Crippen molar-refractivity contribution in [2.75, 3.05) is 18.5 Å². The van der Waals surface area contributed by atoms with Gasteiger partial charge in [-0.3, -0.25) is 4.99 Å². The highest BCUT2D eigenvalue weighted by Gasteiger charge is 1.99. The first-order valence-electron chi connectivity index (χ1n) is 9.20. The van der Waals surface area contributed by atoms with Crippen LogP contribution in [0.1, 0.15) is 37.7 Å². The van der Waals surface area contributed by atoms with Crippen LogP contribution in [0, 0.1) is 18.3 Å². The summed E-state index contributed by atoms with van der Waals surface area (Å²) in [5, 5.41) is 12.2. The third-order valence-electron chi connectivity index (χ3n) is 3.95. The first-order chi connectivity index (χ1) is 12.8. The number of para-hydroxylation sites is 1. The lowest BCUT2D eigenvalue weighted by molar-refractivity contribution is 0.305. The number of anilines is 1. The Kier molecular flexibility index (Phi) is 8.79. The Morgan fingerprint density at radius 1 is 1.00 bits per heavy atom. The van der Waals surface area contributed by atoms with E-state index >= 15 is 0 Å². The van der Waals surface area contributed by atoms with Crippen LogP contribution in [-0.2, 0) is 0 Å². The van der Waals surface area contributed by atoms with Crippen LogP contribution >= 0.6 is 0 Å². The number of nitriles is 1. The van der Waals surface area contributed by atoms with Gasteiger partial charge < -0.3 is 10.1 Å². The maximum Gasteiger partial charge on any atom is 0.119 e. The van der Waals surface area contributed by atoms with Crippen molar-refractivity contribution in [2.24, 2.45) is 4.99 Å². The van der Waals surface area contributed by atoms with Crippen molar-refractivity contribution in [3.05, 3.63) is 60.2 Å². The van der Waals surface area contributed by atoms with E-state index in [0.29, 0.717) is 6.42 Å². The Bertz CT molecular complexity index is 702. The number of unbranched alkanes of at least 4 members (excludes halogenated alkanes) is 3. The van der Waals surface area contributed by atoms with Gasteiger partial charge in [-0.2, -0.15) is 5.26 Å².